The molecule has 2 aromatic carbocycles. The molecular weight excluding hydrogens is 350 g/mol. The van der Waals surface area contributed by atoms with Gasteiger partial charge < -0.3 is 14.7 Å². The molecule has 0 saturated carbocycles. The van der Waals surface area contributed by atoms with Crippen LogP contribution in [0.5, 0.6) is 0 Å². The number of benzene rings is 2. The molecule has 0 spiro atoms. The predicted molar refractivity (Wildman–Crippen MR) is 113 cm³/mol. The van der Waals surface area contributed by atoms with Crippen LogP contribution in [-0.2, 0) is 9.59 Å². The van der Waals surface area contributed by atoms with Crippen LogP contribution >= 0.6 is 0 Å². The van der Waals surface area contributed by atoms with Gasteiger partial charge in [0, 0.05) is 44.1 Å². The Labute approximate surface area is 167 Å². The first-order valence-electron chi connectivity index (χ1n) is 9.91. The number of rotatable bonds is 5. The van der Waals surface area contributed by atoms with Gasteiger partial charge in [-0.15, -0.1) is 0 Å². The molecule has 1 aliphatic heterocycles. The second kappa shape index (κ2) is 8.46. The fourth-order valence-corrected chi connectivity index (χ4v) is 3.68. The molecule has 148 valence electrons. The standard InChI is InChI=1S/C23H29N3O2/c1-4-26(20-13-9-6-10-14-20)22(28)23(2,3)21(27)25-17-15-24(16-18-25)19-11-7-5-8-12-19/h5-14H,4,15-18H2,1-3H3. The fraction of sp³-hybridized carbons (Fsp3) is 0.391. The van der Waals surface area contributed by atoms with E-state index in [1.807, 2.05) is 60.4 Å². The molecular formula is C23H29N3O2. The molecule has 1 saturated heterocycles. The van der Waals surface area contributed by atoms with E-state index >= 15 is 0 Å². The van der Waals surface area contributed by atoms with Crippen molar-refractivity contribution in [2.24, 2.45) is 5.41 Å². The van der Waals surface area contributed by atoms with Crippen molar-refractivity contribution in [1.29, 1.82) is 0 Å². The van der Waals surface area contributed by atoms with Gasteiger partial charge >= 0.3 is 0 Å². The summed E-state index contributed by atoms with van der Waals surface area (Å²) in [5, 5.41) is 0. The third-order valence-electron chi connectivity index (χ3n) is 5.39. The lowest BCUT2D eigenvalue weighted by atomic mass is 9.89. The topological polar surface area (TPSA) is 43.9 Å². The minimum atomic E-state index is -1.10. The summed E-state index contributed by atoms with van der Waals surface area (Å²) >= 11 is 0. The SMILES string of the molecule is CCN(C(=O)C(C)(C)C(=O)N1CCN(c2ccccc2)CC1)c1ccccc1. The van der Waals surface area contributed by atoms with Gasteiger partial charge in [-0.1, -0.05) is 36.4 Å². The molecule has 5 nitrogen and oxygen atoms in total. The molecule has 0 bridgehead atoms. The van der Waals surface area contributed by atoms with Crippen molar-refractivity contribution in [3.05, 3.63) is 60.7 Å². The Kier molecular flexibility index (Phi) is 6.02. The normalized spacial score (nSPS) is 14.7. The van der Waals surface area contributed by atoms with E-state index in [1.165, 1.54) is 5.69 Å². The van der Waals surface area contributed by atoms with Gasteiger partial charge in [0.2, 0.25) is 11.8 Å². The van der Waals surface area contributed by atoms with E-state index in [0.29, 0.717) is 19.6 Å². The number of nitrogens with zero attached hydrogens (tertiary/aromatic N) is 3. The van der Waals surface area contributed by atoms with Gasteiger partial charge in [-0.25, -0.2) is 0 Å². The molecule has 5 heteroatoms. The maximum Gasteiger partial charge on any atom is 0.242 e. The van der Waals surface area contributed by atoms with E-state index in [2.05, 4.69) is 17.0 Å². The van der Waals surface area contributed by atoms with Gasteiger partial charge in [-0.2, -0.15) is 0 Å². The molecule has 1 fully saturated rings. The summed E-state index contributed by atoms with van der Waals surface area (Å²) in [6, 6.07) is 19.8. The maximum atomic E-state index is 13.2. The van der Waals surface area contributed by atoms with Crippen molar-refractivity contribution < 1.29 is 9.59 Å². The molecule has 1 aliphatic rings. The van der Waals surface area contributed by atoms with E-state index in [0.717, 1.165) is 18.8 Å². The third kappa shape index (κ3) is 4.03. The monoisotopic (exact) mass is 379 g/mol. The van der Waals surface area contributed by atoms with Crippen LogP contribution in [0.2, 0.25) is 0 Å². The zero-order valence-corrected chi connectivity index (χ0v) is 17.0. The first-order valence-corrected chi connectivity index (χ1v) is 9.91. The van der Waals surface area contributed by atoms with Crippen molar-refractivity contribution in [3.8, 4) is 0 Å². The Balaban J connectivity index is 1.68. The van der Waals surface area contributed by atoms with Gasteiger partial charge in [-0.3, -0.25) is 9.59 Å². The van der Waals surface area contributed by atoms with E-state index < -0.39 is 5.41 Å². The van der Waals surface area contributed by atoms with Gasteiger partial charge in [-0.05, 0) is 45.0 Å². The summed E-state index contributed by atoms with van der Waals surface area (Å²) in [6.45, 7) is 8.75. The average Bonchev–Trinajstić information content (AvgIpc) is 2.75. The molecule has 1 heterocycles. The number of para-hydroxylation sites is 2. The van der Waals surface area contributed by atoms with Crippen molar-refractivity contribution >= 4 is 23.2 Å². The largest absolute Gasteiger partial charge is 0.368 e. The molecule has 2 aromatic rings. The third-order valence-corrected chi connectivity index (χ3v) is 5.39. The molecule has 2 amide bonds. The first kappa shape index (κ1) is 19.9. The lowest BCUT2D eigenvalue weighted by molar-refractivity contribution is -0.147. The minimum absolute atomic E-state index is 0.0976. The second-order valence-corrected chi connectivity index (χ2v) is 7.62. The van der Waals surface area contributed by atoms with E-state index in [4.69, 9.17) is 0 Å². The summed E-state index contributed by atoms with van der Waals surface area (Å²) in [6.07, 6.45) is 0. The van der Waals surface area contributed by atoms with Gasteiger partial charge in [0.1, 0.15) is 5.41 Å². The van der Waals surface area contributed by atoms with Crippen LogP contribution < -0.4 is 9.80 Å². The lowest BCUT2D eigenvalue weighted by Gasteiger charge is -2.40. The highest BCUT2D eigenvalue weighted by Gasteiger charge is 2.42. The summed E-state index contributed by atoms with van der Waals surface area (Å²) < 4.78 is 0. The Hall–Kier alpha value is -2.82. The van der Waals surface area contributed by atoms with Crippen molar-refractivity contribution in [1.82, 2.24) is 4.90 Å². The highest BCUT2D eigenvalue weighted by atomic mass is 16.2. The summed E-state index contributed by atoms with van der Waals surface area (Å²) in [5.41, 5.74) is 0.900. The Bertz CT molecular complexity index is 797. The van der Waals surface area contributed by atoms with Crippen LogP contribution in [0.4, 0.5) is 11.4 Å². The van der Waals surface area contributed by atoms with Gasteiger partial charge in [0.15, 0.2) is 0 Å². The quantitative estimate of drug-likeness (QED) is 0.748. The van der Waals surface area contributed by atoms with E-state index in [-0.39, 0.29) is 11.8 Å². The minimum Gasteiger partial charge on any atom is -0.368 e. The van der Waals surface area contributed by atoms with Gasteiger partial charge in [0.25, 0.3) is 0 Å². The van der Waals surface area contributed by atoms with Crippen LogP contribution in [0.15, 0.2) is 60.7 Å². The molecule has 28 heavy (non-hydrogen) atoms. The van der Waals surface area contributed by atoms with Crippen molar-refractivity contribution in [2.45, 2.75) is 20.8 Å². The first-order chi connectivity index (χ1) is 13.4. The van der Waals surface area contributed by atoms with Crippen LogP contribution in [0.3, 0.4) is 0 Å². The number of carbonyl (C=O) groups excluding carboxylic acids is 2. The Morgan fingerprint density at radius 3 is 1.96 bits per heavy atom. The summed E-state index contributed by atoms with van der Waals surface area (Å²) in [4.78, 5) is 32.3. The zero-order valence-electron chi connectivity index (χ0n) is 17.0. The smallest absolute Gasteiger partial charge is 0.242 e. The molecule has 0 aromatic heterocycles. The number of piperazine rings is 1. The van der Waals surface area contributed by atoms with Crippen LogP contribution in [0.25, 0.3) is 0 Å². The number of hydrogen-bond acceptors (Lipinski definition) is 3. The lowest BCUT2D eigenvalue weighted by Crippen LogP contribution is -2.56. The molecule has 0 atom stereocenters. The molecule has 3 rings (SSSR count). The van der Waals surface area contributed by atoms with Crippen LogP contribution in [0.1, 0.15) is 20.8 Å². The number of hydrogen-bond donors (Lipinski definition) is 0. The van der Waals surface area contributed by atoms with E-state index in [9.17, 15) is 9.59 Å². The molecule has 0 unspecified atom stereocenters. The molecule has 0 aliphatic carbocycles. The van der Waals surface area contributed by atoms with Crippen LogP contribution in [0, 0.1) is 5.41 Å². The summed E-state index contributed by atoms with van der Waals surface area (Å²) in [5.74, 6) is -0.253. The Morgan fingerprint density at radius 1 is 0.893 bits per heavy atom. The number of anilines is 2. The number of carbonyl (C=O) groups is 2. The zero-order chi connectivity index (χ0) is 20.1. The van der Waals surface area contributed by atoms with E-state index in [1.54, 1.807) is 18.7 Å². The van der Waals surface area contributed by atoms with Crippen molar-refractivity contribution in [3.63, 3.8) is 0 Å². The highest BCUT2D eigenvalue weighted by molar-refractivity contribution is 6.11. The molecule has 0 radical (unpaired) electrons. The summed E-state index contributed by atoms with van der Waals surface area (Å²) in [7, 11) is 0. The fourth-order valence-electron chi connectivity index (χ4n) is 3.68. The number of amides is 2. The average molecular weight is 380 g/mol. The Morgan fingerprint density at radius 2 is 1.43 bits per heavy atom. The molecule has 0 N–H and O–H groups in total. The predicted octanol–water partition coefficient (Wildman–Crippen LogP) is 3.41. The second-order valence-electron chi connectivity index (χ2n) is 7.62. The maximum absolute atomic E-state index is 13.2. The van der Waals surface area contributed by atoms with Gasteiger partial charge in [0.05, 0.1) is 0 Å². The van der Waals surface area contributed by atoms with Crippen molar-refractivity contribution in [2.75, 3.05) is 42.5 Å². The van der Waals surface area contributed by atoms with Crippen LogP contribution in [-0.4, -0.2) is 49.4 Å². The highest BCUT2D eigenvalue weighted by Crippen LogP contribution is 2.27.